The van der Waals surface area contributed by atoms with Crippen LogP contribution < -0.4 is 15.2 Å². The molecule has 1 unspecified atom stereocenters. The van der Waals surface area contributed by atoms with Gasteiger partial charge >= 0.3 is 0 Å². The van der Waals surface area contributed by atoms with Gasteiger partial charge in [-0.15, -0.1) is 0 Å². The van der Waals surface area contributed by atoms with Gasteiger partial charge in [0.1, 0.15) is 0 Å². The molecular weight excluding hydrogens is 368 g/mol. The van der Waals surface area contributed by atoms with Crippen LogP contribution in [-0.2, 0) is 27.8 Å². The number of hydrogen-bond donors (Lipinski definition) is 1. The van der Waals surface area contributed by atoms with Gasteiger partial charge in [0.25, 0.3) is 5.56 Å². The van der Waals surface area contributed by atoms with Crippen molar-refractivity contribution in [3.63, 3.8) is 0 Å². The fourth-order valence-corrected chi connectivity index (χ4v) is 4.41. The van der Waals surface area contributed by atoms with Gasteiger partial charge in [-0.2, -0.15) is 5.10 Å². The van der Waals surface area contributed by atoms with Crippen molar-refractivity contribution in [2.45, 2.75) is 44.7 Å². The van der Waals surface area contributed by atoms with Gasteiger partial charge in [0.2, 0.25) is 15.9 Å². The summed E-state index contributed by atoms with van der Waals surface area (Å²) in [6.07, 6.45) is 0.612. The Labute approximate surface area is 157 Å². The predicted molar refractivity (Wildman–Crippen MR) is 101 cm³/mol. The van der Waals surface area contributed by atoms with Gasteiger partial charge < -0.3 is 4.90 Å². The first-order valence-corrected chi connectivity index (χ1v) is 10.1. The van der Waals surface area contributed by atoms with E-state index in [4.69, 9.17) is 0 Å². The van der Waals surface area contributed by atoms with Crippen molar-refractivity contribution >= 4 is 21.6 Å². The van der Waals surface area contributed by atoms with Crippen molar-refractivity contribution in [1.29, 1.82) is 0 Å². The van der Waals surface area contributed by atoms with E-state index in [1.165, 1.54) is 23.7 Å². The van der Waals surface area contributed by atoms with Crippen LogP contribution in [0, 0.1) is 6.92 Å². The highest BCUT2D eigenvalue weighted by Crippen LogP contribution is 2.33. The topological polar surface area (TPSA) is 101 Å². The second-order valence-electron chi connectivity index (χ2n) is 6.67. The van der Waals surface area contributed by atoms with Gasteiger partial charge in [-0.25, -0.2) is 17.8 Å². The predicted octanol–water partition coefficient (Wildman–Crippen LogP) is 0.828. The lowest BCUT2D eigenvalue weighted by atomic mass is 10.1. The highest BCUT2D eigenvalue weighted by Gasteiger charge is 2.30. The first kappa shape index (κ1) is 19.2. The summed E-state index contributed by atoms with van der Waals surface area (Å²) in [6.45, 7) is 5.38. The maximum Gasteiger partial charge on any atom is 0.266 e. The first-order valence-electron chi connectivity index (χ1n) is 8.66. The summed E-state index contributed by atoms with van der Waals surface area (Å²) in [5, 5.41) is 4.08. The zero-order chi connectivity index (χ0) is 19.8. The fourth-order valence-electron chi connectivity index (χ4n) is 3.33. The lowest BCUT2D eigenvalue weighted by molar-refractivity contribution is -0.116. The van der Waals surface area contributed by atoms with Crippen molar-refractivity contribution in [2.75, 3.05) is 11.4 Å². The average molecular weight is 390 g/mol. The molecule has 8 nitrogen and oxygen atoms in total. The number of benzene rings is 1. The van der Waals surface area contributed by atoms with E-state index >= 15 is 0 Å². The standard InChI is InChI=1S/C18H22N4O4S/c1-12-4-7-18(24)21(20-12)9-8-19-27(25,26)16-5-6-17-15(11-16)10-13(2)22(17)14(3)23/h4-7,11,13,19H,8-10H2,1-3H3. The van der Waals surface area contributed by atoms with Crippen LogP contribution in [0.15, 0.2) is 40.0 Å². The number of sulfonamides is 1. The number of aromatic nitrogens is 2. The zero-order valence-corrected chi connectivity index (χ0v) is 16.3. The second-order valence-corrected chi connectivity index (χ2v) is 8.43. The molecule has 0 saturated carbocycles. The minimum atomic E-state index is -3.73. The van der Waals surface area contributed by atoms with Crippen LogP contribution in [0.25, 0.3) is 0 Å². The molecule has 0 bridgehead atoms. The summed E-state index contributed by atoms with van der Waals surface area (Å²) >= 11 is 0. The Kier molecular flexibility index (Phi) is 5.16. The third-order valence-corrected chi connectivity index (χ3v) is 5.99. The molecule has 27 heavy (non-hydrogen) atoms. The average Bonchev–Trinajstić information content (AvgIpc) is 2.92. The highest BCUT2D eigenvalue weighted by atomic mass is 32.2. The van der Waals surface area contributed by atoms with Crippen LogP contribution in [0.5, 0.6) is 0 Å². The molecule has 1 amide bonds. The summed E-state index contributed by atoms with van der Waals surface area (Å²) in [6, 6.07) is 7.78. The van der Waals surface area contributed by atoms with Crippen LogP contribution >= 0.6 is 0 Å². The quantitative estimate of drug-likeness (QED) is 0.815. The summed E-state index contributed by atoms with van der Waals surface area (Å²) in [7, 11) is -3.73. The Bertz CT molecular complexity index is 1050. The molecular formula is C18H22N4O4S. The highest BCUT2D eigenvalue weighted by molar-refractivity contribution is 7.89. The largest absolute Gasteiger partial charge is 0.309 e. The third kappa shape index (κ3) is 3.93. The van der Waals surface area contributed by atoms with E-state index in [-0.39, 0.29) is 35.5 Å². The van der Waals surface area contributed by atoms with Gasteiger partial charge in [-0.1, -0.05) is 0 Å². The minimum Gasteiger partial charge on any atom is -0.309 e. The van der Waals surface area contributed by atoms with Crippen LogP contribution in [0.4, 0.5) is 5.69 Å². The minimum absolute atomic E-state index is 0.00248. The van der Waals surface area contributed by atoms with Crippen LogP contribution in [-0.4, -0.2) is 36.7 Å². The maximum atomic E-state index is 12.6. The van der Waals surface area contributed by atoms with Crippen molar-refractivity contribution in [1.82, 2.24) is 14.5 Å². The lowest BCUT2D eigenvalue weighted by Crippen LogP contribution is -2.33. The monoisotopic (exact) mass is 390 g/mol. The van der Waals surface area contributed by atoms with Crippen LogP contribution in [0.1, 0.15) is 25.1 Å². The molecule has 1 aromatic heterocycles. The molecule has 1 aliphatic heterocycles. The number of fused-ring (bicyclic) bond motifs is 1. The van der Waals surface area contributed by atoms with Crippen LogP contribution in [0.3, 0.4) is 0 Å². The normalized spacial score (nSPS) is 16.4. The van der Waals surface area contributed by atoms with E-state index in [0.29, 0.717) is 12.1 Å². The Balaban J connectivity index is 1.74. The van der Waals surface area contributed by atoms with Crippen LogP contribution in [0.2, 0.25) is 0 Å². The summed E-state index contributed by atoms with van der Waals surface area (Å²) < 4.78 is 28.9. The molecule has 1 N–H and O–H groups in total. The first-order chi connectivity index (χ1) is 12.7. The van der Waals surface area contributed by atoms with Gasteiger partial charge in [0.05, 0.1) is 17.1 Å². The van der Waals surface area contributed by atoms with Gasteiger partial charge in [0.15, 0.2) is 0 Å². The number of rotatable bonds is 5. The Morgan fingerprint density at radius 2 is 2.04 bits per heavy atom. The number of carbonyl (C=O) groups excluding carboxylic acids is 1. The van der Waals surface area contributed by atoms with E-state index in [9.17, 15) is 18.0 Å². The molecule has 3 rings (SSSR count). The van der Waals surface area contributed by atoms with Gasteiger partial charge in [-0.05, 0) is 50.1 Å². The molecule has 0 saturated heterocycles. The fraction of sp³-hybridized carbons (Fsp3) is 0.389. The van der Waals surface area contributed by atoms with E-state index in [0.717, 1.165) is 11.3 Å². The molecule has 1 aliphatic rings. The summed E-state index contributed by atoms with van der Waals surface area (Å²) in [5.74, 6) is -0.0638. The van der Waals surface area contributed by atoms with Crippen molar-refractivity contribution < 1.29 is 13.2 Å². The number of hydrogen-bond acceptors (Lipinski definition) is 5. The van der Waals surface area contributed by atoms with Crippen molar-refractivity contribution in [2.24, 2.45) is 0 Å². The Morgan fingerprint density at radius 1 is 1.30 bits per heavy atom. The van der Waals surface area contributed by atoms with E-state index in [1.807, 2.05) is 6.92 Å². The second kappa shape index (κ2) is 7.24. The maximum absolute atomic E-state index is 12.6. The number of nitrogens with one attached hydrogen (secondary N) is 1. The molecule has 144 valence electrons. The van der Waals surface area contributed by atoms with E-state index < -0.39 is 10.0 Å². The van der Waals surface area contributed by atoms with Crippen molar-refractivity contribution in [3.05, 3.63) is 51.9 Å². The zero-order valence-electron chi connectivity index (χ0n) is 15.5. The van der Waals surface area contributed by atoms with E-state index in [2.05, 4.69) is 9.82 Å². The van der Waals surface area contributed by atoms with Crippen molar-refractivity contribution in [3.8, 4) is 0 Å². The van der Waals surface area contributed by atoms with E-state index in [1.54, 1.807) is 30.0 Å². The van der Waals surface area contributed by atoms with Gasteiger partial charge in [-0.3, -0.25) is 9.59 Å². The smallest absolute Gasteiger partial charge is 0.266 e. The molecule has 9 heteroatoms. The molecule has 2 heterocycles. The lowest BCUT2D eigenvalue weighted by Gasteiger charge is -2.20. The summed E-state index contributed by atoms with van der Waals surface area (Å²) in [5.41, 5.74) is 1.98. The SMILES string of the molecule is CC(=O)N1c2ccc(S(=O)(=O)NCCn3nc(C)ccc3=O)cc2CC1C. The summed E-state index contributed by atoms with van der Waals surface area (Å²) in [4.78, 5) is 25.3. The third-order valence-electron chi connectivity index (χ3n) is 4.53. The van der Waals surface area contributed by atoms with Gasteiger partial charge in [0, 0.05) is 31.3 Å². The molecule has 0 fully saturated rings. The number of nitrogens with zero attached hydrogens (tertiary/aromatic N) is 3. The molecule has 0 spiro atoms. The molecule has 2 aromatic rings. The number of carbonyl (C=O) groups is 1. The molecule has 0 radical (unpaired) electrons. The Morgan fingerprint density at radius 3 is 2.74 bits per heavy atom. The molecule has 1 aromatic carbocycles. The number of anilines is 1. The molecule has 0 aliphatic carbocycles. The molecule has 1 atom stereocenters. The number of aryl methyl sites for hydroxylation is 1. The Hall–Kier alpha value is -2.52. The number of amides is 1.